The molecule has 1 aliphatic heterocycles. The van der Waals surface area contributed by atoms with E-state index in [-0.39, 0.29) is 12.5 Å². The highest BCUT2D eigenvalue weighted by Crippen LogP contribution is 2.32. The van der Waals surface area contributed by atoms with Crippen molar-refractivity contribution in [1.29, 1.82) is 0 Å². The van der Waals surface area contributed by atoms with Gasteiger partial charge >= 0.3 is 5.97 Å². The Kier molecular flexibility index (Phi) is 7.74. The Morgan fingerprint density at radius 1 is 1.35 bits per heavy atom. The van der Waals surface area contributed by atoms with Crippen LogP contribution in [0.2, 0.25) is 0 Å². The molecule has 0 radical (unpaired) electrons. The maximum atomic E-state index is 12.1. The normalized spacial score (nSPS) is 16.1. The number of benzene rings is 1. The highest BCUT2D eigenvalue weighted by atomic mass is 32.2. The van der Waals surface area contributed by atoms with E-state index in [1.165, 1.54) is 10.6 Å². The number of aliphatic carboxylic acids is 1. The van der Waals surface area contributed by atoms with Crippen molar-refractivity contribution in [3.63, 3.8) is 0 Å². The fourth-order valence-corrected chi connectivity index (χ4v) is 4.40. The monoisotopic (exact) mass is 408 g/mol. The molecule has 1 fully saturated rings. The van der Waals surface area contributed by atoms with Crippen molar-refractivity contribution in [3.05, 3.63) is 46.7 Å². The first kappa shape index (κ1) is 20.5. The van der Waals surface area contributed by atoms with Gasteiger partial charge in [0.1, 0.15) is 10.9 Å². The van der Waals surface area contributed by atoms with Crippen LogP contribution in [0.5, 0.6) is 0 Å². The van der Waals surface area contributed by atoms with Crippen LogP contribution in [0, 0.1) is 0 Å². The van der Waals surface area contributed by atoms with Crippen molar-refractivity contribution in [2.45, 2.75) is 17.7 Å². The summed E-state index contributed by atoms with van der Waals surface area (Å²) < 4.78 is 0.301. The number of carboxylic acid groups (broad SMARTS) is 1. The SMILES string of the molecule is CN(C)c1ccccc1S/C=C\CC/C=C1\SC(=S)N(CC(=O)O)C1=O. The maximum Gasteiger partial charge on any atom is 0.323 e. The van der Waals surface area contributed by atoms with Crippen molar-refractivity contribution >= 4 is 57.6 Å². The van der Waals surface area contributed by atoms with E-state index in [0.717, 1.165) is 23.1 Å². The largest absolute Gasteiger partial charge is 0.480 e. The lowest BCUT2D eigenvalue weighted by Crippen LogP contribution is -2.33. The van der Waals surface area contributed by atoms with E-state index >= 15 is 0 Å². The molecule has 1 saturated heterocycles. The third kappa shape index (κ3) is 5.62. The summed E-state index contributed by atoms with van der Waals surface area (Å²) in [5.41, 5.74) is 1.17. The fourth-order valence-electron chi connectivity index (χ4n) is 2.24. The van der Waals surface area contributed by atoms with E-state index in [1.54, 1.807) is 11.8 Å². The minimum atomic E-state index is -1.07. The van der Waals surface area contributed by atoms with Gasteiger partial charge in [0.25, 0.3) is 5.91 Å². The second-order valence-corrected chi connectivity index (χ2v) is 8.27. The molecule has 26 heavy (non-hydrogen) atoms. The van der Waals surface area contributed by atoms with Gasteiger partial charge in [-0.25, -0.2) is 0 Å². The zero-order chi connectivity index (χ0) is 19.1. The van der Waals surface area contributed by atoms with E-state index < -0.39 is 5.97 Å². The van der Waals surface area contributed by atoms with Crippen LogP contribution in [-0.2, 0) is 9.59 Å². The molecule has 0 aromatic heterocycles. The minimum absolute atomic E-state index is 0.301. The number of carbonyl (C=O) groups is 2. The molecule has 0 saturated carbocycles. The molecule has 1 aliphatic rings. The maximum absolute atomic E-state index is 12.1. The molecule has 5 nitrogen and oxygen atoms in total. The predicted molar refractivity (Wildman–Crippen MR) is 113 cm³/mol. The number of anilines is 1. The first-order chi connectivity index (χ1) is 12.4. The number of allylic oxidation sites excluding steroid dienone is 2. The number of rotatable bonds is 8. The number of nitrogens with zero attached hydrogens (tertiary/aromatic N) is 2. The lowest BCUT2D eigenvalue weighted by molar-refractivity contribution is -0.140. The summed E-state index contributed by atoms with van der Waals surface area (Å²) in [4.78, 5) is 27.8. The number of carbonyl (C=O) groups excluding carboxylic acids is 1. The number of hydrogen-bond donors (Lipinski definition) is 1. The summed E-state index contributed by atoms with van der Waals surface area (Å²) in [7, 11) is 4.04. The van der Waals surface area contributed by atoms with Crippen LogP contribution in [0.1, 0.15) is 12.8 Å². The number of hydrogen-bond acceptors (Lipinski definition) is 6. The van der Waals surface area contributed by atoms with Crippen molar-refractivity contribution in [3.8, 4) is 0 Å². The van der Waals surface area contributed by atoms with Gasteiger partial charge in [0.15, 0.2) is 0 Å². The zero-order valence-electron chi connectivity index (χ0n) is 14.5. The van der Waals surface area contributed by atoms with Gasteiger partial charge in [-0.05, 0) is 30.4 Å². The highest BCUT2D eigenvalue weighted by Gasteiger charge is 2.32. The molecule has 2 rings (SSSR count). The average Bonchev–Trinajstić information content (AvgIpc) is 2.85. The Morgan fingerprint density at radius 2 is 2.08 bits per heavy atom. The average molecular weight is 409 g/mol. The lowest BCUT2D eigenvalue weighted by Gasteiger charge is -2.15. The van der Waals surface area contributed by atoms with Gasteiger partial charge < -0.3 is 10.0 Å². The quantitative estimate of drug-likeness (QED) is 0.302. The summed E-state index contributed by atoms with van der Waals surface area (Å²) in [6.45, 7) is -0.385. The van der Waals surface area contributed by atoms with Crippen LogP contribution in [-0.4, -0.2) is 46.8 Å². The van der Waals surface area contributed by atoms with Crippen LogP contribution in [0.25, 0.3) is 0 Å². The van der Waals surface area contributed by atoms with Crippen LogP contribution in [0.3, 0.4) is 0 Å². The summed E-state index contributed by atoms with van der Waals surface area (Å²) in [5, 5.41) is 10.9. The van der Waals surface area contributed by atoms with Gasteiger partial charge in [-0.15, -0.1) is 0 Å². The first-order valence-corrected chi connectivity index (χ1v) is 10.0. The highest BCUT2D eigenvalue weighted by molar-refractivity contribution is 8.26. The third-order valence-electron chi connectivity index (χ3n) is 3.47. The number of thiocarbonyl (C=S) groups is 1. The van der Waals surface area contributed by atoms with Gasteiger partial charge in [0, 0.05) is 19.0 Å². The molecule has 1 aromatic rings. The fraction of sp³-hybridized carbons (Fsp3) is 0.278. The molecule has 1 aromatic carbocycles. The van der Waals surface area contributed by atoms with E-state index in [0.29, 0.717) is 15.6 Å². The van der Waals surface area contributed by atoms with E-state index in [4.69, 9.17) is 17.3 Å². The standard InChI is InChI=1S/C18H20N2O3S3/c1-19(2)13-8-5-6-9-14(13)25-11-7-3-4-10-15-17(23)20(12-16(21)22)18(24)26-15/h5-11H,3-4,12H2,1-2H3,(H,21,22)/b11-7-,15-10-. The topological polar surface area (TPSA) is 60.9 Å². The molecule has 0 bridgehead atoms. The minimum Gasteiger partial charge on any atom is -0.480 e. The molecule has 1 heterocycles. The molecule has 1 N–H and O–H groups in total. The molecule has 0 unspecified atom stereocenters. The van der Waals surface area contributed by atoms with Crippen LogP contribution in [0.15, 0.2) is 51.6 Å². The molecule has 1 amide bonds. The molecule has 8 heteroatoms. The van der Waals surface area contributed by atoms with Gasteiger partial charge in [-0.3, -0.25) is 14.5 Å². The number of para-hydroxylation sites is 1. The Hall–Kier alpha value is -1.77. The van der Waals surface area contributed by atoms with Gasteiger partial charge in [0.2, 0.25) is 0 Å². The molecular formula is C18H20N2O3S3. The van der Waals surface area contributed by atoms with Crippen molar-refractivity contribution < 1.29 is 14.7 Å². The van der Waals surface area contributed by atoms with Crippen LogP contribution < -0.4 is 4.90 Å². The van der Waals surface area contributed by atoms with E-state index in [2.05, 4.69) is 23.1 Å². The third-order valence-corrected chi connectivity index (χ3v) is 5.82. The second-order valence-electron chi connectivity index (χ2n) is 5.65. The van der Waals surface area contributed by atoms with Gasteiger partial charge in [-0.1, -0.05) is 60.0 Å². The number of thioether (sulfide) groups is 2. The van der Waals surface area contributed by atoms with Crippen molar-refractivity contribution in [2.24, 2.45) is 0 Å². The predicted octanol–water partition coefficient (Wildman–Crippen LogP) is 3.97. The summed E-state index contributed by atoms with van der Waals surface area (Å²) >= 11 is 7.88. The van der Waals surface area contributed by atoms with E-state index in [1.807, 2.05) is 37.7 Å². The summed E-state index contributed by atoms with van der Waals surface area (Å²) in [6.07, 6.45) is 5.37. The Balaban J connectivity index is 1.84. The Morgan fingerprint density at radius 3 is 2.77 bits per heavy atom. The van der Waals surface area contributed by atoms with Gasteiger partial charge in [-0.2, -0.15) is 0 Å². The smallest absolute Gasteiger partial charge is 0.323 e. The lowest BCUT2D eigenvalue weighted by atomic mass is 10.3. The van der Waals surface area contributed by atoms with E-state index in [9.17, 15) is 9.59 Å². The molecule has 0 spiro atoms. The van der Waals surface area contributed by atoms with Crippen molar-refractivity contribution in [2.75, 3.05) is 25.5 Å². The number of unbranched alkanes of at least 4 members (excludes halogenated alkanes) is 1. The summed E-state index contributed by atoms with van der Waals surface area (Å²) in [5.74, 6) is -1.39. The molecule has 0 aliphatic carbocycles. The first-order valence-electron chi connectivity index (χ1n) is 7.93. The number of amides is 1. The number of carboxylic acids is 1. The molecule has 0 atom stereocenters. The van der Waals surface area contributed by atoms with Crippen LogP contribution >= 0.6 is 35.7 Å². The Bertz CT molecular complexity index is 760. The molecular weight excluding hydrogens is 388 g/mol. The Labute approximate surface area is 167 Å². The second kappa shape index (κ2) is 9.80. The summed E-state index contributed by atoms with van der Waals surface area (Å²) in [6, 6.07) is 8.19. The van der Waals surface area contributed by atoms with Crippen molar-refractivity contribution in [1.82, 2.24) is 4.90 Å². The zero-order valence-corrected chi connectivity index (χ0v) is 17.0. The molecule has 138 valence electrons. The van der Waals surface area contributed by atoms with Gasteiger partial charge in [0.05, 0.1) is 10.6 Å². The van der Waals surface area contributed by atoms with Crippen LogP contribution in [0.4, 0.5) is 5.69 Å².